The Morgan fingerprint density at radius 3 is 2.69 bits per heavy atom. The Bertz CT molecular complexity index is 1320. The van der Waals surface area contributed by atoms with Crippen LogP contribution < -0.4 is 4.72 Å². The first-order valence-corrected chi connectivity index (χ1v) is 10.3. The van der Waals surface area contributed by atoms with E-state index < -0.39 is 39.8 Å². The summed E-state index contributed by atoms with van der Waals surface area (Å²) in [6.07, 6.45) is 2.95. The van der Waals surface area contributed by atoms with Crippen molar-refractivity contribution >= 4 is 37.5 Å². The molecule has 2 heterocycles. The summed E-state index contributed by atoms with van der Waals surface area (Å²) < 4.78 is 67.7. The Morgan fingerprint density at radius 1 is 1.07 bits per heavy atom. The van der Waals surface area contributed by atoms with E-state index in [2.05, 4.69) is 19.9 Å². The Hall–Kier alpha value is -3.14. The molecule has 0 fully saturated rings. The molecule has 0 bridgehead atoms. The molecule has 4 aromatic rings. The van der Waals surface area contributed by atoms with Crippen LogP contribution in [0.4, 0.5) is 18.9 Å². The van der Waals surface area contributed by atoms with E-state index in [1.54, 1.807) is 24.5 Å². The van der Waals surface area contributed by atoms with Crippen LogP contribution in [0.2, 0.25) is 0 Å². The van der Waals surface area contributed by atoms with Gasteiger partial charge in [-0.15, -0.1) is 0 Å². The largest absolute Gasteiger partial charge is 0.281 e. The highest BCUT2D eigenvalue weighted by Crippen LogP contribution is 2.34. The molecule has 2 N–H and O–H groups in total. The number of rotatable bonds is 6. The number of pyridine rings is 1. The number of H-pyrrole nitrogens is 1. The van der Waals surface area contributed by atoms with E-state index >= 15 is 4.39 Å². The number of benzene rings is 2. The summed E-state index contributed by atoms with van der Waals surface area (Å²) in [4.78, 5) is 4.22. The van der Waals surface area contributed by atoms with Gasteiger partial charge in [-0.1, -0.05) is 12.1 Å². The Morgan fingerprint density at radius 2 is 1.90 bits per heavy atom. The summed E-state index contributed by atoms with van der Waals surface area (Å²) in [6.45, 7) is -0.812. The predicted octanol–water partition coefficient (Wildman–Crippen LogP) is 4.16. The van der Waals surface area contributed by atoms with Crippen molar-refractivity contribution in [1.82, 2.24) is 15.2 Å². The third-order valence-electron chi connectivity index (χ3n) is 4.49. The third kappa shape index (κ3) is 3.63. The van der Waals surface area contributed by atoms with Gasteiger partial charge >= 0.3 is 0 Å². The van der Waals surface area contributed by atoms with Gasteiger partial charge in [0.15, 0.2) is 11.5 Å². The summed E-state index contributed by atoms with van der Waals surface area (Å²) in [5.41, 5.74) is 0.0443. The number of nitrogens with zero attached hydrogens (tertiary/aromatic N) is 2. The molecule has 0 aliphatic carbocycles. The van der Waals surface area contributed by atoms with Crippen molar-refractivity contribution in [2.45, 2.75) is 6.42 Å². The number of halogens is 3. The van der Waals surface area contributed by atoms with E-state index in [4.69, 9.17) is 0 Å². The van der Waals surface area contributed by atoms with Crippen molar-refractivity contribution in [2.24, 2.45) is 0 Å². The minimum atomic E-state index is -3.96. The first kappa shape index (κ1) is 19.2. The molecule has 0 atom stereocenters. The third-order valence-corrected chi connectivity index (χ3v) is 5.84. The van der Waals surface area contributed by atoms with Crippen LogP contribution in [0, 0.1) is 11.6 Å². The molecule has 150 valence electrons. The fraction of sp³-hybridized carbons (Fsp3) is 0.158. The van der Waals surface area contributed by atoms with Crippen molar-refractivity contribution in [3.05, 3.63) is 54.4 Å². The molecule has 10 heteroatoms. The maximum atomic E-state index is 15.0. The fourth-order valence-corrected chi connectivity index (χ4v) is 4.22. The normalized spacial score (nSPS) is 12.0. The summed E-state index contributed by atoms with van der Waals surface area (Å²) >= 11 is 0. The number of hydrogen-bond donors (Lipinski definition) is 2. The van der Waals surface area contributed by atoms with Crippen LogP contribution in [-0.2, 0) is 10.0 Å². The van der Waals surface area contributed by atoms with E-state index in [-0.39, 0.29) is 17.5 Å². The molecule has 0 aliphatic heterocycles. The number of aromatic nitrogens is 3. The van der Waals surface area contributed by atoms with E-state index in [9.17, 15) is 17.2 Å². The lowest BCUT2D eigenvalue weighted by molar-refractivity contribution is 0.484. The van der Waals surface area contributed by atoms with Crippen molar-refractivity contribution < 1.29 is 21.6 Å². The second-order valence-corrected chi connectivity index (χ2v) is 8.28. The smallest absolute Gasteiger partial charge is 0.232 e. The topological polar surface area (TPSA) is 87.7 Å². The van der Waals surface area contributed by atoms with Crippen LogP contribution in [0.5, 0.6) is 0 Å². The van der Waals surface area contributed by atoms with Crippen LogP contribution >= 0.6 is 0 Å². The zero-order chi connectivity index (χ0) is 20.6. The minimum absolute atomic E-state index is 0.217. The molecule has 4 rings (SSSR count). The van der Waals surface area contributed by atoms with E-state index in [1.165, 1.54) is 6.07 Å². The standard InChI is InChI=1S/C19H15F3N4O2S/c20-6-1-7-29(27,28)26-16-5-4-15(21)17(18(16)22)11-2-3-13-12(8-11)9-23-19-14(13)10-24-25-19/h2-5,8-10,26H,1,6-7H2,(H,23,24,25). The summed E-state index contributed by atoms with van der Waals surface area (Å²) in [6, 6.07) is 6.78. The predicted molar refractivity (Wildman–Crippen MR) is 105 cm³/mol. The first-order chi connectivity index (χ1) is 13.9. The van der Waals surface area contributed by atoms with Gasteiger partial charge in [-0.25, -0.2) is 22.2 Å². The van der Waals surface area contributed by atoms with Gasteiger partial charge in [-0.05, 0) is 35.6 Å². The maximum absolute atomic E-state index is 15.0. The summed E-state index contributed by atoms with van der Waals surface area (Å²) in [7, 11) is -3.96. The lowest BCUT2D eigenvalue weighted by atomic mass is 10.00. The van der Waals surface area contributed by atoms with Gasteiger partial charge in [0.05, 0.1) is 29.9 Å². The minimum Gasteiger partial charge on any atom is -0.281 e. The van der Waals surface area contributed by atoms with Gasteiger partial charge in [0.2, 0.25) is 10.0 Å². The number of hydrogen-bond acceptors (Lipinski definition) is 4. The average Bonchev–Trinajstić information content (AvgIpc) is 3.18. The number of nitrogens with one attached hydrogen (secondary N) is 2. The van der Waals surface area contributed by atoms with Crippen LogP contribution in [-0.4, -0.2) is 36.0 Å². The molecular weight excluding hydrogens is 405 g/mol. The fourth-order valence-electron chi connectivity index (χ4n) is 3.14. The van der Waals surface area contributed by atoms with Gasteiger partial charge < -0.3 is 0 Å². The highest BCUT2D eigenvalue weighted by atomic mass is 32.2. The molecule has 0 aliphatic rings. The van der Waals surface area contributed by atoms with Gasteiger partial charge in [0.1, 0.15) is 5.82 Å². The van der Waals surface area contributed by atoms with Crippen LogP contribution in [0.3, 0.4) is 0 Å². The second-order valence-electron chi connectivity index (χ2n) is 6.44. The molecule has 2 aromatic carbocycles. The Labute approximate surface area is 163 Å². The van der Waals surface area contributed by atoms with Gasteiger partial charge in [-0.3, -0.25) is 14.2 Å². The molecule has 0 radical (unpaired) electrons. The van der Waals surface area contributed by atoms with Crippen molar-refractivity contribution in [3.8, 4) is 11.1 Å². The zero-order valence-corrected chi connectivity index (χ0v) is 15.7. The number of anilines is 1. The highest BCUT2D eigenvalue weighted by Gasteiger charge is 2.20. The molecule has 0 spiro atoms. The lowest BCUT2D eigenvalue weighted by Crippen LogP contribution is -2.18. The number of fused-ring (bicyclic) bond motifs is 3. The molecule has 0 saturated carbocycles. The summed E-state index contributed by atoms with van der Waals surface area (Å²) in [5.74, 6) is -2.39. The number of alkyl halides is 1. The van der Waals surface area contributed by atoms with Crippen molar-refractivity contribution in [1.29, 1.82) is 0 Å². The number of sulfonamides is 1. The average molecular weight is 420 g/mol. The SMILES string of the molecule is O=S(=O)(CCCF)Nc1ccc(F)c(-c2ccc3c(cnc4[nH]ncc43)c2)c1F. The van der Waals surface area contributed by atoms with E-state index in [0.717, 1.165) is 22.9 Å². The summed E-state index contributed by atoms with van der Waals surface area (Å²) in [5, 5.41) is 8.89. The van der Waals surface area contributed by atoms with Gasteiger partial charge in [0.25, 0.3) is 0 Å². The lowest BCUT2D eigenvalue weighted by Gasteiger charge is -2.13. The molecule has 6 nitrogen and oxygen atoms in total. The highest BCUT2D eigenvalue weighted by molar-refractivity contribution is 7.92. The Balaban J connectivity index is 1.79. The van der Waals surface area contributed by atoms with Crippen LogP contribution in [0.15, 0.2) is 42.7 Å². The van der Waals surface area contributed by atoms with Crippen LogP contribution in [0.1, 0.15) is 6.42 Å². The van der Waals surface area contributed by atoms with Gasteiger partial charge in [-0.2, -0.15) is 5.10 Å². The molecule has 29 heavy (non-hydrogen) atoms. The van der Waals surface area contributed by atoms with Gasteiger partial charge in [0, 0.05) is 17.0 Å². The molecule has 0 saturated heterocycles. The quantitative estimate of drug-likeness (QED) is 0.490. The Kier molecular flexibility index (Phi) is 4.87. The second kappa shape index (κ2) is 7.36. The molecule has 0 unspecified atom stereocenters. The number of aromatic amines is 1. The van der Waals surface area contributed by atoms with Crippen molar-refractivity contribution in [2.75, 3.05) is 17.1 Å². The monoisotopic (exact) mass is 420 g/mol. The molecule has 2 aromatic heterocycles. The zero-order valence-electron chi connectivity index (χ0n) is 14.9. The molecular formula is C19H15F3N4O2S. The van der Waals surface area contributed by atoms with E-state index in [0.29, 0.717) is 11.0 Å². The molecule has 0 amide bonds. The maximum Gasteiger partial charge on any atom is 0.232 e. The first-order valence-electron chi connectivity index (χ1n) is 8.66. The van der Waals surface area contributed by atoms with E-state index in [1.807, 2.05) is 0 Å². The van der Waals surface area contributed by atoms with Crippen molar-refractivity contribution in [3.63, 3.8) is 0 Å². The van der Waals surface area contributed by atoms with Crippen LogP contribution in [0.25, 0.3) is 32.9 Å².